The van der Waals surface area contributed by atoms with Gasteiger partial charge in [-0.2, -0.15) is 11.8 Å². The molecule has 1 aromatic rings. The highest BCUT2D eigenvalue weighted by molar-refractivity contribution is 7.99. The van der Waals surface area contributed by atoms with Gasteiger partial charge in [0.05, 0.1) is 11.7 Å². The second-order valence-corrected chi connectivity index (χ2v) is 5.16. The van der Waals surface area contributed by atoms with Gasteiger partial charge < -0.3 is 5.11 Å². The van der Waals surface area contributed by atoms with Gasteiger partial charge in [-0.05, 0) is 23.8 Å². The van der Waals surface area contributed by atoms with E-state index in [9.17, 15) is 13.9 Å². The van der Waals surface area contributed by atoms with Gasteiger partial charge in [0.1, 0.15) is 11.6 Å². The first-order valence-corrected chi connectivity index (χ1v) is 6.37. The Morgan fingerprint density at radius 1 is 1.19 bits per heavy atom. The number of rotatable bonds is 5. The Morgan fingerprint density at radius 3 is 2.25 bits per heavy atom. The maximum absolute atomic E-state index is 13.3. The summed E-state index contributed by atoms with van der Waals surface area (Å²) >= 11 is 1.50. The molecule has 0 saturated carbocycles. The third-order valence-corrected chi connectivity index (χ3v) is 3.51. The largest absolute Gasteiger partial charge is 0.387 e. The summed E-state index contributed by atoms with van der Waals surface area (Å²) < 4.78 is 26.6. The zero-order valence-corrected chi connectivity index (χ0v) is 10.2. The molecule has 0 fully saturated rings. The molecule has 1 N–H and O–H groups in total. The van der Waals surface area contributed by atoms with Crippen molar-refractivity contribution in [1.82, 2.24) is 0 Å². The van der Waals surface area contributed by atoms with Crippen molar-refractivity contribution in [2.75, 3.05) is 11.5 Å². The Hall–Kier alpha value is -0.610. The summed E-state index contributed by atoms with van der Waals surface area (Å²) in [7, 11) is 0. The lowest BCUT2D eigenvalue weighted by molar-refractivity contribution is 0.193. The predicted molar refractivity (Wildman–Crippen MR) is 63.5 cm³/mol. The average Bonchev–Trinajstić information content (AvgIpc) is 2.16. The summed E-state index contributed by atoms with van der Waals surface area (Å²) in [6.07, 6.45) is -1.08. The van der Waals surface area contributed by atoms with Crippen LogP contribution >= 0.6 is 11.8 Å². The molecule has 0 aromatic heterocycles. The monoisotopic (exact) mass is 246 g/mol. The van der Waals surface area contributed by atoms with E-state index in [4.69, 9.17) is 0 Å². The third kappa shape index (κ3) is 3.76. The van der Waals surface area contributed by atoms with Gasteiger partial charge in [0.25, 0.3) is 0 Å². The van der Waals surface area contributed by atoms with Crippen LogP contribution in [0.4, 0.5) is 8.78 Å². The highest BCUT2D eigenvalue weighted by atomic mass is 32.2. The summed E-state index contributed by atoms with van der Waals surface area (Å²) in [5.41, 5.74) is -0.223. The maximum Gasteiger partial charge on any atom is 0.131 e. The molecule has 0 aliphatic carbocycles. The number of aliphatic hydroxyl groups excluding tert-OH is 1. The zero-order chi connectivity index (χ0) is 12.1. The van der Waals surface area contributed by atoms with Crippen molar-refractivity contribution < 1.29 is 13.9 Å². The summed E-state index contributed by atoms with van der Waals surface area (Å²) in [5.74, 6) is 0.321. The van der Waals surface area contributed by atoms with Gasteiger partial charge in [-0.25, -0.2) is 8.78 Å². The van der Waals surface area contributed by atoms with Crippen LogP contribution < -0.4 is 0 Å². The third-order valence-electron chi connectivity index (χ3n) is 2.06. The van der Waals surface area contributed by atoms with Crippen LogP contribution in [0.1, 0.15) is 25.5 Å². The van der Waals surface area contributed by atoms with Crippen molar-refractivity contribution in [3.8, 4) is 0 Å². The van der Waals surface area contributed by atoms with Gasteiger partial charge in [-0.15, -0.1) is 0 Å². The molecule has 0 spiro atoms. The first kappa shape index (κ1) is 13.5. The van der Waals surface area contributed by atoms with Crippen molar-refractivity contribution in [1.29, 1.82) is 0 Å². The molecule has 0 amide bonds. The Kier molecular flexibility index (Phi) is 5.22. The average molecular weight is 246 g/mol. The fourth-order valence-corrected chi connectivity index (χ4v) is 2.33. The molecular weight excluding hydrogens is 230 g/mol. The molecule has 0 heterocycles. The molecule has 0 aliphatic heterocycles. The quantitative estimate of drug-likeness (QED) is 0.859. The molecule has 1 atom stereocenters. The second kappa shape index (κ2) is 6.21. The summed E-state index contributed by atoms with van der Waals surface area (Å²) in [6.45, 7) is 4.12. The highest BCUT2D eigenvalue weighted by Gasteiger charge is 2.17. The van der Waals surface area contributed by atoms with Crippen LogP contribution in [0.25, 0.3) is 0 Å². The predicted octanol–water partition coefficient (Wildman–Crippen LogP) is 3.39. The van der Waals surface area contributed by atoms with Crippen molar-refractivity contribution in [2.24, 2.45) is 5.92 Å². The Bertz CT molecular complexity index is 322. The van der Waals surface area contributed by atoms with E-state index in [1.54, 1.807) is 0 Å². The number of hydrogen-bond acceptors (Lipinski definition) is 2. The lowest BCUT2D eigenvalue weighted by atomic mass is 10.1. The number of halogens is 2. The number of benzene rings is 1. The topological polar surface area (TPSA) is 20.2 Å². The molecular formula is C12H16F2OS. The van der Waals surface area contributed by atoms with E-state index in [1.165, 1.54) is 17.8 Å². The van der Waals surface area contributed by atoms with E-state index in [2.05, 4.69) is 13.8 Å². The minimum atomic E-state index is -1.08. The van der Waals surface area contributed by atoms with Crippen molar-refractivity contribution in [3.63, 3.8) is 0 Å². The van der Waals surface area contributed by atoms with Gasteiger partial charge in [-0.1, -0.05) is 19.9 Å². The Balaban J connectivity index is 2.62. The van der Waals surface area contributed by atoms with Crippen LogP contribution in [-0.2, 0) is 0 Å². The fraction of sp³-hybridized carbons (Fsp3) is 0.500. The molecule has 0 radical (unpaired) electrons. The van der Waals surface area contributed by atoms with Crippen LogP contribution in [0.15, 0.2) is 18.2 Å². The van der Waals surface area contributed by atoms with Crippen molar-refractivity contribution in [3.05, 3.63) is 35.4 Å². The van der Waals surface area contributed by atoms with Crippen LogP contribution in [0.3, 0.4) is 0 Å². The Morgan fingerprint density at radius 2 is 1.75 bits per heavy atom. The highest BCUT2D eigenvalue weighted by Crippen LogP contribution is 2.24. The van der Waals surface area contributed by atoms with E-state index in [0.29, 0.717) is 11.7 Å². The lowest BCUT2D eigenvalue weighted by Gasteiger charge is -2.13. The summed E-state index contributed by atoms with van der Waals surface area (Å²) in [5, 5.41) is 9.69. The van der Waals surface area contributed by atoms with Crippen LogP contribution in [-0.4, -0.2) is 16.6 Å². The van der Waals surface area contributed by atoms with E-state index in [0.717, 1.165) is 17.9 Å². The normalized spacial score (nSPS) is 13.1. The van der Waals surface area contributed by atoms with Gasteiger partial charge in [-0.3, -0.25) is 0 Å². The number of hydrogen-bond donors (Lipinski definition) is 1. The SMILES string of the molecule is CC(C)CSCC(O)c1c(F)cccc1F. The van der Waals surface area contributed by atoms with E-state index < -0.39 is 17.7 Å². The molecule has 1 nitrogen and oxygen atoms in total. The molecule has 1 aromatic carbocycles. The zero-order valence-electron chi connectivity index (χ0n) is 9.41. The minimum Gasteiger partial charge on any atom is -0.387 e. The molecule has 1 rings (SSSR count). The molecule has 1 unspecified atom stereocenters. The van der Waals surface area contributed by atoms with Gasteiger partial charge >= 0.3 is 0 Å². The molecule has 0 saturated heterocycles. The molecule has 0 bridgehead atoms. The molecule has 90 valence electrons. The summed E-state index contributed by atoms with van der Waals surface area (Å²) in [6, 6.07) is 3.62. The molecule has 16 heavy (non-hydrogen) atoms. The van der Waals surface area contributed by atoms with Crippen molar-refractivity contribution in [2.45, 2.75) is 20.0 Å². The standard InChI is InChI=1S/C12H16F2OS/c1-8(2)6-16-7-11(15)12-9(13)4-3-5-10(12)14/h3-5,8,11,15H,6-7H2,1-2H3. The van der Waals surface area contributed by atoms with E-state index >= 15 is 0 Å². The first-order chi connectivity index (χ1) is 7.52. The first-order valence-electron chi connectivity index (χ1n) is 5.22. The second-order valence-electron chi connectivity index (χ2n) is 4.08. The van der Waals surface area contributed by atoms with Gasteiger partial charge in [0.15, 0.2) is 0 Å². The fourth-order valence-electron chi connectivity index (χ4n) is 1.33. The molecule has 0 aliphatic rings. The van der Waals surface area contributed by atoms with E-state index in [1.807, 2.05) is 0 Å². The lowest BCUT2D eigenvalue weighted by Crippen LogP contribution is -2.07. The Labute approximate surface area is 98.9 Å². The van der Waals surface area contributed by atoms with Crippen molar-refractivity contribution >= 4 is 11.8 Å². The smallest absolute Gasteiger partial charge is 0.131 e. The molecule has 4 heteroatoms. The van der Waals surface area contributed by atoms with Crippen LogP contribution in [0.5, 0.6) is 0 Å². The van der Waals surface area contributed by atoms with Gasteiger partial charge in [0, 0.05) is 5.75 Å². The number of thioether (sulfide) groups is 1. The van der Waals surface area contributed by atoms with E-state index in [-0.39, 0.29) is 5.56 Å². The van der Waals surface area contributed by atoms with Gasteiger partial charge in [0.2, 0.25) is 0 Å². The van der Waals surface area contributed by atoms with Crippen LogP contribution in [0.2, 0.25) is 0 Å². The van der Waals surface area contributed by atoms with Crippen LogP contribution in [0, 0.1) is 17.6 Å². The minimum absolute atomic E-state index is 0.223. The number of aliphatic hydroxyl groups is 1. The maximum atomic E-state index is 13.3. The summed E-state index contributed by atoms with van der Waals surface area (Å²) in [4.78, 5) is 0.